The molecule has 1 unspecified atom stereocenters. The maximum atomic E-state index is 6.29. The lowest BCUT2D eigenvalue weighted by atomic mass is 10.0. The second-order valence-corrected chi connectivity index (χ2v) is 6.53. The molecule has 0 aliphatic rings. The molecule has 0 saturated carbocycles. The van der Waals surface area contributed by atoms with Crippen molar-refractivity contribution in [2.24, 2.45) is 0 Å². The first-order valence-electron chi connectivity index (χ1n) is 5.45. The molecule has 0 aliphatic heterocycles. The first-order chi connectivity index (χ1) is 9.02. The van der Waals surface area contributed by atoms with Crippen LogP contribution in [0.2, 0.25) is 10.0 Å². The number of benzene rings is 2. The molecule has 1 nitrogen and oxygen atoms in total. The smallest absolute Gasteiger partial charge is 0.120 e. The third kappa shape index (κ3) is 3.46. The van der Waals surface area contributed by atoms with Gasteiger partial charge in [-0.1, -0.05) is 61.1 Å². The molecule has 2 rings (SSSR count). The zero-order valence-electron chi connectivity index (χ0n) is 9.96. The molecule has 5 heteroatoms. The molecule has 0 bridgehead atoms. The van der Waals surface area contributed by atoms with E-state index in [1.54, 1.807) is 13.2 Å². The lowest BCUT2D eigenvalue weighted by Gasteiger charge is -2.15. The summed E-state index contributed by atoms with van der Waals surface area (Å²) in [5, 5.41) is 1.33. The van der Waals surface area contributed by atoms with Crippen molar-refractivity contribution in [1.82, 2.24) is 0 Å². The average Bonchev–Trinajstić information content (AvgIpc) is 2.40. The van der Waals surface area contributed by atoms with E-state index >= 15 is 0 Å². The van der Waals surface area contributed by atoms with Gasteiger partial charge in [-0.2, -0.15) is 0 Å². The summed E-state index contributed by atoms with van der Waals surface area (Å²) >= 11 is 19.5. The first kappa shape index (κ1) is 15.2. The Balaban J connectivity index is 2.43. The van der Waals surface area contributed by atoms with Gasteiger partial charge in [-0.05, 0) is 41.5 Å². The minimum Gasteiger partial charge on any atom is -0.497 e. The van der Waals surface area contributed by atoms with Crippen molar-refractivity contribution in [3.63, 3.8) is 0 Å². The highest BCUT2D eigenvalue weighted by atomic mass is 79.9. The monoisotopic (exact) mass is 422 g/mol. The number of hydrogen-bond acceptors (Lipinski definition) is 1. The molecule has 0 saturated heterocycles. The summed E-state index contributed by atoms with van der Waals surface area (Å²) in [6.07, 6.45) is 0. The quantitative estimate of drug-likeness (QED) is 0.529. The third-order valence-electron chi connectivity index (χ3n) is 2.71. The fraction of sp³-hybridized carbons (Fsp3) is 0.143. The van der Waals surface area contributed by atoms with Gasteiger partial charge in [0.25, 0.3) is 0 Å². The van der Waals surface area contributed by atoms with Crippen LogP contribution in [0.3, 0.4) is 0 Å². The minimum absolute atomic E-state index is 0.0426. The largest absolute Gasteiger partial charge is 0.497 e. The molecule has 2 aromatic carbocycles. The highest BCUT2D eigenvalue weighted by Gasteiger charge is 2.17. The highest BCUT2D eigenvalue weighted by Crippen LogP contribution is 2.40. The maximum Gasteiger partial charge on any atom is 0.120 e. The highest BCUT2D eigenvalue weighted by molar-refractivity contribution is 9.11. The molecule has 2 aromatic rings. The summed E-state index contributed by atoms with van der Waals surface area (Å²) in [5.41, 5.74) is 1.99. The Hall–Kier alpha value is -0.220. The molecule has 0 aromatic heterocycles. The zero-order chi connectivity index (χ0) is 14.0. The van der Waals surface area contributed by atoms with Crippen LogP contribution in [0.1, 0.15) is 16.0 Å². The lowest BCUT2D eigenvalue weighted by Crippen LogP contribution is -1.96. The van der Waals surface area contributed by atoms with E-state index < -0.39 is 0 Å². The van der Waals surface area contributed by atoms with Crippen LogP contribution in [0.5, 0.6) is 5.75 Å². The molecule has 0 N–H and O–H groups in total. The zero-order valence-corrected chi connectivity index (χ0v) is 14.6. The first-order valence-corrected chi connectivity index (χ1v) is 7.92. The van der Waals surface area contributed by atoms with E-state index in [1.165, 1.54) is 0 Å². The Morgan fingerprint density at radius 1 is 1.05 bits per heavy atom. The number of rotatable bonds is 3. The molecule has 0 heterocycles. The Labute approximate surface area is 139 Å². The number of ether oxygens (including phenoxy) is 1. The molecule has 19 heavy (non-hydrogen) atoms. The second-order valence-electron chi connectivity index (χ2n) is 3.92. The molecule has 0 spiro atoms. The van der Waals surface area contributed by atoms with Gasteiger partial charge in [0, 0.05) is 14.5 Å². The third-order valence-corrected chi connectivity index (χ3v) is 4.98. The van der Waals surface area contributed by atoms with E-state index in [4.69, 9.17) is 27.9 Å². The van der Waals surface area contributed by atoms with Gasteiger partial charge in [-0.15, -0.1) is 0 Å². The van der Waals surface area contributed by atoms with Crippen LogP contribution < -0.4 is 4.74 Å². The molecule has 0 fully saturated rings. The Bertz CT molecular complexity index is 602. The van der Waals surface area contributed by atoms with Crippen LogP contribution in [0.25, 0.3) is 0 Å². The van der Waals surface area contributed by atoms with Crippen molar-refractivity contribution in [1.29, 1.82) is 0 Å². The molecule has 0 amide bonds. The Morgan fingerprint density at radius 2 is 1.79 bits per heavy atom. The summed E-state index contributed by atoms with van der Waals surface area (Å²) in [6, 6.07) is 11.3. The molecular formula is C14H10Br2Cl2O. The Morgan fingerprint density at radius 3 is 2.42 bits per heavy atom. The fourth-order valence-electron chi connectivity index (χ4n) is 1.72. The van der Waals surface area contributed by atoms with Gasteiger partial charge in [0.1, 0.15) is 5.75 Å². The van der Waals surface area contributed by atoms with Gasteiger partial charge < -0.3 is 4.74 Å². The summed E-state index contributed by atoms with van der Waals surface area (Å²) < 4.78 is 6.13. The van der Waals surface area contributed by atoms with Crippen LogP contribution >= 0.6 is 55.1 Å². The van der Waals surface area contributed by atoms with E-state index in [-0.39, 0.29) is 4.83 Å². The number of methoxy groups -OCH3 is 1. The topological polar surface area (TPSA) is 9.23 Å². The van der Waals surface area contributed by atoms with Crippen LogP contribution in [-0.2, 0) is 0 Å². The van der Waals surface area contributed by atoms with Gasteiger partial charge in [0.15, 0.2) is 0 Å². The number of hydrogen-bond donors (Lipinski definition) is 0. The van der Waals surface area contributed by atoms with E-state index in [2.05, 4.69) is 31.9 Å². The van der Waals surface area contributed by atoms with Gasteiger partial charge in [0.05, 0.1) is 11.9 Å². The van der Waals surface area contributed by atoms with E-state index in [9.17, 15) is 0 Å². The van der Waals surface area contributed by atoms with E-state index in [0.29, 0.717) is 10.0 Å². The molecule has 100 valence electrons. The van der Waals surface area contributed by atoms with E-state index in [1.807, 2.05) is 30.3 Å². The lowest BCUT2D eigenvalue weighted by molar-refractivity contribution is 0.414. The summed E-state index contributed by atoms with van der Waals surface area (Å²) in [4.78, 5) is -0.0426. The van der Waals surface area contributed by atoms with Crippen molar-refractivity contribution in [3.05, 3.63) is 62.0 Å². The summed E-state index contributed by atoms with van der Waals surface area (Å²) in [7, 11) is 1.62. The fourth-order valence-corrected chi connectivity index (χ4v) is 3.87. The summed E-state index contributed by atoms with van der Waals surface area (Å²) in [5.74, 6) is 0.735. The predicted molar refractivity (Wildman–Crippen MR) is 87.9 cm³/mol. The SMILES string of the molecule is COc1ccc(C(Br)c2cc(Cl)ccc2Br)c(Cl)c1. The van der Waals surface area contributed by atoms with Crippen LogP contribution in [0.15, 0.2) is 40.9 Å². The van der Waals surface area contributed by atoms with Gasteiger partial charge in [0.2, 0.25) is 0 Å². The molecule has 0 aliphatic carbocycles. The van der Waals surface area contributed by atoms with Gasteiger partial charge >= 0.3 is 0 Å². The second kappa shape index (κ2) is 6.49. The number of alkyl halides is 1. The number of halogens is 4. The average molecular weight is 425 g/mol. The van der Waals surface area contributed by atoms with Crippen LogP contribution in [0.4, 0.5) is 0 Å². The molecule has 1 atom stereocenters. The standard InChI is InChI=1S/C14H10Br2Cl2O/c1-19-9-3-4-10(13(18)7-9)14(16)11-6-8(17)2-5-12(11)15/h2-7,14H,1H3. The predicted octanol–water partition coefficient (Wildman–Crippen LogP) is 6.25. The van der Waals surface area contributed by atoms with Crippen LogP contribution in [0, 0.1) is 0 Å². The van der Waals surface area contributed by atoms with Crippen molar-refractivity contribution in [2.75, 3.05) is 7.11 Å². The van der Waals surface area contributed by atoms with Crippen molar-refractivity contribution in [3.8, 4) is 5.75 Å². The minimum atomic E-state index is -0.0426. The van der Waals surface area contributed by atoms with Crippen molar-refractivity contribution < 1.29 is 4.74 Å². The maximum absolute atomic E-state index is 6.29. The van der Waals surface area contributed by atoms with Crippen LogP contribution in [-0.4, -0.2) is 7.11 Å². The van der Waals surface area contributed by atoms with Gasteiger partial charge in [-0.25, -0.2) is 0 Å². The van der Waals surface area contributed by atoms with Crippen molar-refractivity contribution >= 4 is 55.1 Å². The van der Waals surface area contributed by atoms with E-state index in [0.717, 1.165) is 21.3 Å². The molecule has 0 radical (unpaired) electrons. The molecular weight excluding hydrogens is 415 g/mol. The summed E-state index contributed by atoms with van der Waals surface area (Å²) in [6.45, 7) is 0. The normalized spacial score (nSPS) is 12.3. The van der Waals surface area contributed by atoms with Gasteiger partial charge in [-0.3, -0.25) is 0 Å². The van der Waals surface area contributed by atoms with Crippen molar-refractivity contribution in [2.45, 2.75) is 4.83 Å². The Kier molecular flexibility index (Phi) is 5.18.